The Bertz CT molecular complexity index is 1090. The first-order valence-corrected chi connectivity index (χ1v) is 10.8. The molecule has 2 rings (SSSR count). The molecule has 166 valence electrons. The summed E-state index contributed by atoms with van der Waals surface area (Å²) in [4.78, 5) is 36.7. The maximum absolute atomic E-state index is 12.3. The van der Waals surface area contributed by atoms with Crippen LogP contribution >= 0.6 is 0 Å². The van der Waals surface area contributed by atoms with Crippen LogP contribution in [0.3, 0.4) is 0 Å². The summed E-state index contributed by atoms with van der Waals surface area (Å²) >= 11 is 0. The van der Waals surface area contributed by atoms with Gasteiger partial charge in [0.1, 0.15) is 0 Å². The summed E-state index contributed by atoms with van der Waals surface area (Å²) in [5.41, 5.74) is 4.82. The van der Waals surface area contributed by atoms with Crippen molar-refractivity contribution in [2.75, 3.05) is 14.1 Å². The number of hydrogen-bond acceptors (Lipinski definition) is 5. The van der Waals surface area contributed by atoms with Gasteiger partial charge in [-0.25, -0.2) is 12.7 Å². The third kappa shape index (κ3) is 6.37. The van der Waals surface area contributed by atoms with Gasteiger partial charge in [0.05, 0.1) is 4.90 Å². The van der Waals surface area contributed by atoms with Gasteiger partial charge in [-0.2, -0.15) is 0 Å². The highest BCUT2D eigenvalue weighted by atomic mass is 32.2. The van der Waals surface area contributed by atoms with Gasteiger partial charge in [0.2, 0.25) is 10.0 Å². The fourth-order valence-corrected chi connectivity index (χ4v) is 3.40. The number of hydrazine groups is 1. The first-order chi connectivity index (χ1) is 14.3. The van der Waals surface area contributed by atoms with Crippen LogP contribution in [0.2, 0.25) is 0 Å². The largest absolute Gasteiger partial charge is 0.347 e. The monoisotopic (exact) mass is 446 g/mol. The summed E-state index contributed by atoms with van der Waals surface area (Å²) in [7, 11) is -0.918. The fourth-order valence-electron chi connectivity index (χ4n) is 2.45. The minimum absolute atomic E-state index is 0.0411. The second-order valence-corrected chi connectivity index (χ2v) is 10.2. The van der Waals surface area contributed by atoms with E-state index in [-0.39, 0.29) is 27.5 Å². The van der Waals surface area contributed by atoms with Crippen LogP contribution in [0.4, 0.5) is 0 Å². The molecule has 3 amide bonds. The average Bonchev–Trinajstić information content (AvgIpc) is 2.70. The molecule has 0 aliphatic rings. The number of nitrogens with one attached hydrogen (secondary N) is 3. The molecule has 0 bridgehead atoms. The Morgan fingerprint density at radius 3 is 1.74 bits per heavy atom. The van der Waals surface area contributed by atoms with Crippen molar-refractivity contribution in [1.82, 2.24) is 20.5 Å². The van der Waals surface area contributed by atoms with E-state index in [0.29, 0.717) is 5.56 Å². The van der Waals surface area contributed by atoms with Gasteiger partial charge in [0.15, 0.2) is 0 Å². The molecule has 3 N–H and O–H groups in total. The lowest BCUT2D eigenvalue weighted by atomic mass is 10.1. The minimum Gasteiger partial charge on any atom is -0.347 e. The molecule has 0 aromatic heterocycles. The van der Waals surface area contributed by atoms with Crippen LogP contribution in [0.25, 0.3) is 0 Å². The third-order valence-electron chi connectivity index (χ3n) is 4.06. The van der Waals surface area contributed by atoms with Crippen molar-refractivity contribution in [2.45, 2.75) is 31.2 Å². The maximum atomic E-state index is 12.3. The van der Waals surface area contributed by atoms with Crippen molar-refractivity contribution in [1.29, 1.82) is 0 Å². The molecule has 10 heteroatoms. The molecule has 0 saturated carbocycles. The summed E-state index contributed by atoms with van der Waals surface area (Å²) in [6.45, 7) is 5.59. The molecule has 0 saturated heterocycles. The Hall–Kier alpha value is -3.24. The molecular formula is C21H26N4O5S. The van der Waals surface area contributed by atoms with E-state index in [1.165, 1.54) is 62.6 Å². The van der Waals surface area contributed by atoms with E-state index in [0.717, 1.165) is 4.31 Å². The molecule has 0 aliphatic carbocycles. The molecular weight excluding hydrogens is 420 g/mol. The van der Waals surface area contributed by atoms with Gasteiger partial charge >= 0.3 is 0 Å². The molecule has 0 radical (unpaired) electrons. The molecule has 0 atom stereocenters. The zero-order valence-corrected chi connectivity index (χ0v) is 18.8. The molecule has 0 aliphatic heterocycles. The van der Waals surface area contributed by atoms with Gasteiger partial charge < -0.3 is 5.32 Å². The number of carbonyl (C=O) groups is 3. The quantitative estimate of drug-likeness (QED) is 0.601. The Labute approximate surface area is 181 Å². The van der Waals surface area contributed by atoms with E-state index in [1.54, 1.807) is 0 Å². The van der Waals surface area contributed by atoms with Gasteiger partial charge in [-0.05, 0) is 63.2 Å². The van der Waals surface area contributed by atoms with Crippen LogP contribution in [0, 0.1) is 0 Å². The highest BCUT2D eigenvalue weighted by Gasteiger charge is 2.19. The van der Waals surface area contributed by atoms with Gasteiger partial charge in [-0.15, -0.1) is 0 Å². The number of amides is 3. The summed E-state index contributed by atoms with van der Waals surface area (Å²) in [5.74, 6) is -1.53. The number of rotatable bonds is 5. The Morgan fingerprint density at radius 1 is 0.774 bits per heavy atom. The first-order valence-electron chi connectivity index (χ1n) is 9.37. The predicted octanol–water partition coefficient (Wildman–Crippen LogP) is 1.54. The standard InChI is InChI=1S/C21H26N4O5S/c1-21(2,3)22-18(26)14-9-11-15(12-10-14)19(27)23-24-20(28)16-7-6-8-17(13-16)31(29,30)25(4)5/h6-13H,1-5H3,(H,22,26)(H,23,27)(H,24,28). The average molecular weight is 447 g/mol. The van der Waals surface area contributed by atoms with Gasteiger partial charge in [0, 0.05) is 36.3 Å². The molecule has 2 aromatic rings. The van der Waals surface area contributed by atoms with Gasteiger partial charge in [-0.1, -0.05) is 6.07 Å². The lowest BCUT2D eigenvalue weighted by Gasteiger charge is -2.20. The van der Waals surface area contributed by atoms with Crippen molar-refractivity contribution in [3.63, 3.8) is 0 Å². The van der Waals surface area contributed by atoms with E-state index in [4.69, 9.17) is 0 Å². The number of nitrogens with zero attached hydrogens (tertiary/aromatic N) is 1. The summed E-state index contributed by atoms with van der Waals surface area (Å²) < 4.78 is 25.5. The smallest absolute Gasteiger partial charge is 0.269 e. The van der Waals surface area contributed by atoms with Gasteiger partial charge in [0.25, 0.3) is 17.7 Å². The minimum atomic E-state index is -3.70. The molecule has 0 fully saturated rings. The van der Waals surface area contributed by atoms with Crippen molar-refractivity contribution in [3.8, 4) is 0 Å². The molecule has 0 unspecified atom stereocenters. The Kier molecular flexibility index (Phi) is 7.19. The molecule has 31 heavy (non-hydrogen) atoms. The summed E-state index contributed by atoms with van der Waals surface area (Å²) in [6.07, 6.45) is 0. The van der Waals surface area contributed by atoms with E-state index in [1.807, 2.05) is 20.8 Å². The topological polar surface area (TPSA) is 125 Å². The van der Waals surface area contributed by atoms with Crippen LogP contribution in [0.5, 0.6) is 0 Å². The number of carbonyl (C=O) groups excluding carboxylic acids is 3. The second-order valence-electron chi connectivity index (χ2n) is 8.00. The summed E-state index contributed by atoms with van der Waals surface area (Å²) in [5, 5.41) is 2.82. The Balaban J connectivity index is 2.03. The Morgan fingerprint density at radius 2 is 1.26 bits per heavy atom. The SMILES string of the molecule is CN(C)S(=O)(=O)c1cccc(C(=O)NNC(=O)c2ccc(C(=O)NC(C)(C)C)cc2)c1. The lowest BCUT2D eigenvalue weighted by molar-refractivity contribution is 0.0846. The fraction of sp³-hybridized carbons (Fsp3) is 0.286. The van der Waals surface area contributed by atoms with Crippen LogP contribution in [-0.2, 0) is 10.0 Å². The number of sulfonamides is 1. The maximum Gasteiger partial charge on any atom is 0.269 e. The molecule has 9 nitrogen and oxygen atoms in total. The zero-order chi connectivity index (χ0) is 23.4. The van der Waals surface area contributed by atoms with E-state index >= 15 is 0 Å². The van der Waals surface area contributed by atoms with E-state index in [2.05, 4.69) is 16.2 Å². The number of benzene rings is 2. The molecule has 0 spiro atoms. The van der Waals surface area contributed by atoms with Gasteiger partial charge in [-0.3, -0.25) is 25.2 Å². The predicted molar refractivity (Wildman–Crippen MR) is 116 cm³/mol. The zero-order valence-electron chi connectivity index (χ0n) is 18.0. The normalized spacial score (nSPS) is 11.7. The van der Waals surface area contributed by atoms with Crippen LogP contribution in [0.1, 0.15) is 51.8 Å². The lowest BCUT2D eigenvalue weighted by Crippen LogP contribution is -2.42. The highest BCUT2D eigenvalue weighted by molar-refractivity contribution is 7.89. The van der Waals surface area contributed by atoms with Crippen LogP contribution in [0.15, 0.2) is 53.4 Å². The van der Waals surface area contributed by atoms with Crippen LogP contribution < -0.4 is 16.2 Å². The number of hydrogen-bond donors (Lipinski definition) is 3. The highest BCUT2D eigenvalue weighted by Crippen LogP contribution is 2.15. The van der Waals surface area contributed by atoms with Crippen molar-refractivity contribution < 1.29 is 22.8 Å². The van der Waals surface area contributed by atoms with Crippen LogP contribution in [-0.4, -0.2) is 50.1 Å². The van der Waals surface area contributed by atoms with E-state index in [9.17, 15) is 22.8 Å². The van der Waals surface area contributed by atoms with Crippen molar-refractivity contribution in [3.05, 3.63) is 65.2 Å². The molecule has 2 aromatic carbocycles. The van der Waals surface area contributed by atoms with Crippen molar-refractivity contribution >= 4 is 27.7 Å². The second kappa shape index (κ2) is 9.27. The van der Waals surface area contributed by atoms with Crippen molar-refractivity contribution in [2.24, 2.45) is 0 Å². The first kappa shape index (κ1) is 24.0. The molecule has 0 heterocycles. The van der Waals surface area contributed by atoms with E-state index < -0.39 is 21.8 Å². The summed E-state index contributed by atoms with van der Waals surface area (Å²) in [6, 6.07) is 11.4. The third-order valence-corrected chi connectivity index (χ3v) is 5.87.